The van der Waals surface area contributed by atoms with Crippen LogP contribution >= 0.6 is 0 Å². The summed E-state index contributed by atoms with van der Waals surface area (Å²) in [5.41, 5.74) is 9.24. The van der Waals surface area contributed by atoms with Crippen molar-refractivity contribution in [1.29, 1.82) is 0 Å². The fourth-order valence-corrected chi connectivity index (χ4v) is 6.94. The van der Waals surface area contributed by atoms with E-state index in [1.807, 2.05) is 0 Å². The Bertz CT molecular complexity index is 2510. The van der Waals surface area contributed by atoms with E-state index in [1.165, 1.54) is 54.6 Å². The highest BCUT2D eigenvalue weighted by atomic mass is 15.1. The van der Waals surface area contributed by atoms with E-state index in [-0.39, 0.29) is 0 Å². The Morgan fingerprint density at radius 2 is 0.867 bits per heavy atom. The van der Waals surface area contributed by atoms with E-state index in [2.05, 4.69) is 174 Å². The van der Waals surface area contributed by atoms with Crippen LogP contribution in [0.4, 0.5) is 0 Å². The first-order chi connectivity index (χ1) is 22.3. The lowest BCUT2D eigenvalue weighted by Crippen LogP contribution is -1.97. The first-order valence-electron chi connectivity index (χ1n) is 15.4. The number of hydrogen-bond acceptors (Lipinski definition) is 1. The molecule has 1 heterocycles. The van der Waals surface area contributed by atoms with Crippen molar-refractivity contribution in [3.8, 4) is 39.3 Å². The zero-order chi connectivity index (χ0) is 29.7. The molecule has 0 amide bonds. The van der Waals surface area contributed by atoms with Crippen LogP contribution in [-0.4, -0.2) is 9.55 Å². The van der Waals surface area contributed by atoms with Crippen molar-refractivity contribution in [2.75, 3.05) is 0 Å². The summed E-state index contributed by atoms with van der Waals surface area (Å²) in [5, 5.41) is 7.53. The van der Waals surface area contributed by atoms with Gasteiger partial charge in [-0.3, -0.25) is 4.57 Å². The molecule has 0 N–H and O–H groups in total. The van der Waals surface area contributed by atoms with E-state index in [9.17, 15) is 0 Å². The summed E-state index contributed by atoms with van der Waals surface area (Å²) < 4.78 is 2.26. The Kier molecular flexibility index (Phi) is 5.85. The second kappa shape index (κ2) is 10.3. The third-order valence-electron chi connectivity index (χ3n) is 8.96. The van der Waals surface area contributed by atoms with Crippen molar-refractivity contribution in [3.05, 3.63) is 170 Å². The first-order valence-corrected chi connectivity index (χ1v) is 15.4. The van der Waals surface area contributed by atoms with Crippen LogP contribution in [0.2, 0.25) is 0 Å². The molecular formula is C43H28N2. The minimum Gasteiger partial charge on any atom is -0.292 e. The molecule has 0 saturated carbocycles. The largest absolute Gasteiger partial charge is 0.292 e. The maximum atomic E-state index is 5.10. The quantitative estimate of drug-likeness (QED) is 0.192. The molecule has 1 aromatic heterocycles. The summed E-state index contributed by atoms with van der Waals surface area (Å²) in [5.74, 6) is 0.939. The van der Waals surface area contributed by atoms with Gasteiger partial charge in [0.05, 0.1) is 11.0 Å². The Morgan fingerprint density at radius 1 is 0.378 bits per heavy atom. The predicted molar refractivity (Wildman–Crippen MR) is 190 cm³/mol. The Labute approximate surface area is 261 Å². The van der Waals surface area contributed by atoms with E-state index >= 15 is 0 Å². The average Bonchev–Trinajstić information content (AvgIpc) is 3.50. The molecule has 0 unspecified atom stereocenters. The zero-order valence-corrected chi connectivity index (χ0v) is 24.6. The second-order valence-corrected chi connectivity index (χ2v) is 11.6. The van der Waals surface area contributed by atoms with Crippen LogP contribution in [0.5, 0.6) is 0 Å². The molecule has 0 spiro atoms. The normalized spacial score (nSPS) is 11.6. The molecule has 45 heavy (non-hydrogen) atoms. The fourth-order valence-electron chi connectivity index (χ4n) is 6.94. The van der Waals surface area contributed by atoms with Crippen LogP contribution in [0.25, 0.3) is 82.7 Å². The predicted octanol–water partition coefficient (Wildman–Crippen LogP) is 11.5. The van der Waals surface area contributed by atoms with Crippen LogP contribution in [0.3, 0.4) is 0 Å². The van der Waals surface area contributed by atoms with E-state index < -0.39 is 0 Å². The molecule has 0 radical (unpaired) electrons. The number of para-hydroxylation sites is 3. The fraction of sp³-hybridized carbons (Fsp3) is 0. The Morgan fingerprint density at radius 3 is 1.51 bits per heavy atom. The summed E-state index contributed by atoms with van der Waals surface area (Å²) in [6.07, 6.45) is 0. The van der Waals surface area contributed by atoms with Crippen molar-refractivity contribution < 1.29 is 0 Å². The minimum absolute atomic E-state index is 0.939. The standard InChI is InChI=1S/C43H28N2/c1-3-13-29(14-4-1)41-35-19-9-7-15-32(35)28-38-37(41)27-33-16-8-10-20-36(33)42(38)30-23-25-31(26-24-30)43-44-39-21-11-12-22-40(39)45(43)34-17-5-2-6-18-34/h1-28H. The summed E-state index contributed by atoms with van der Waals surface area (Å²) in [7, 11) is 0. The molecular weight excluding hydrogens is 544 g/mol. The van der Waals surface area contributed by atoms with E-state index in [1.54, 1.807) is 0 Å². The zero-order valence-electron chi connectivity index (χ0n) is 24.6. The number of rotatable bonds is 4. The van der Waals surface area contributed by atoms with Crippen molar-refractivity contribution in [2.24, 2.45) is 0 Å². The van der Waals surface area contributed by atoms with E-state index in [4.69, 9.17) is 4.98 Å². The smallest absolute Gasteiger partial charge is 0.145 e. The van der Waals surface area contributed by atoms with Gasteiger partial charge in [0.15, 0.2) is 0 Å². The molecule has 0 aliphatic heterocycles. The van der Waals surface area contributed by atoms with Crippen molar-refractivity contribution in [2.45, 2.75) is 0 Å². The van der Waals surface area contributed by atoms with Gasteiger partial charge in [-0.15, -0.1) is 0 Å². The van der Waals surface area contributed by atoms with Gasteiger partial charge in [-0.25, -0.2) is 4.98 Å². The number of imidazole rings is 1. The third-order valence-corrected chi connectivity index (χ3v) is 8.96. The topological polar surface area (TPSA) is 17.8 Å². The van der Waals surface area contributed by atoms with Gasteiger partial charge < -0.3 is 0 Å². The number of aromatic nitrogens is 2. The summed E-state index contributed by atoms with van der Waals surface area (Å²) >= 11 is 0. The highest BCUT2D eigenvalue weighted by Gasteiger charge is 2.18. The molecule has 9 aromatic rings. The molecule has 0 saturated heterocycles. The molecule has 0 fully saturated rings. The molecule has 0 aliphatic rings. The maximum Gasteiger partial charge on any atom is 0.145 e. The summed E-state index contributed by atoms with van der Waals surface area (Å²) in [4.78, 5) is 5.10. The molecule has 0 aliphatic carbocycles. The van der Waals surface area contributed by atoms with Gasteiger partial charge in [0.25, 0.3) is 0 Å². The molecule has 0 atom stereocenters. The lowest BCUT2D eigenvalue weighted by Gasteiger charge is -2.18. The van der Waals surface area contributed by atoms with Crippen molar-refractivity contribution >= 4 is 43.4 Å². The van der Waals surface area contributed by atoms with E-state index in [0.717, 1.165) is 28.1 Å². The Balaban J connectivity index is 1.30. The lowest BCUT2D eigenvalue weighted by molar-refractivity contribution is 1.10. The number of fused-ring (bicyclic) bond motifs is 4. The Hall–Kier alpha value is -5.99. The SMILES string of the molecule is c1ccc(-c2c3ccccc3cc3c(-c4ccc(-c5nc6ccccc6n5-c5ccccc5)cc4)c4ccccc4cc23)cc1. The highest BCUT2D eigenvalue weighted by Crippen LogP contribution is 2.44. The molecule has 8 aromatic carbocycles. The van der Waals surface area contributed by atoms with Gasteiger partial charge in [-0.05, 0) is 91.0 Å². The van der Waals surface area contributed by atoms with Gasteiger partial charge in [0, 0.05) is 11.3 Å². The third kappa shape index (κ3) is 4.15. The summed E-state index contributed by atoms with van der Waals surface area (Å²) in [6, 6.07) is 60.9. The molecule has 0 bridgehead atoms. The van der Waals surface area contributed by atoms with Gasteiger partial charge in [0.1, 0.15) is 5.82 Å². The lowest BCUT2D eigenvalue weighted by atomic mass is 9.86. The average molecular weight is 573 g/mol. The molecule has 2 heteroatoms. The van der Waals surface area contributed by atoms with Crippen LogP contribution in [0.15, 0.2) is 170 Å². The van der Waals surface area contributed by atoms with Crippen LogP contribution in [-0.2, 0) is 0 Å². The molecule has 9 rings (SSSR count). The van der Waals surface area contributed by atoms with Crippen LogP contribution < -0.4 is 0 Å². The van der Waals surface area contributed by atoms with Crippen molar-refractivity contribution in [3.63, 3.8) is 0 Å². The van der Waals surface area contributed by atoms with Crippen LogP contribution in [0, 0.1) is 0 Å². The van der Waals surface area contributed by atoms with Gasteiger partial charge in [-0.1, -0.05) is 133 Å². The minimum atomic E-state index is 0.939. The number of hydrogen-bond donors (Lipinski definition) is 0. The highest BCUT2D eigenvalue weighted by molar-refractivity contribution is 6.22. The monoisotopic (exact) mass is 572 g/mol. The summed E-state index contributed by atoms with van der Waals surface area (Å²) in [6.45, 7) is 0. The van der Waals surface area contributed by atoms with Gasteiger partial charge in [-0.2, -0.15) is 0 Å². The maximum absolute atomic E-state index is 5.10. The number of nitrogens with zero attached hydrogens (tertiary/aromatic N) is 2. The van der Waals surface area contributed by atoms with Crippen LogP contribution in [0.1, 0.15) is 0 Å². The first kappa shape index (κ1) is 25.5. The van der Waals surface area contributed by atoms with Gasteiger partial charge in [0.2, 0.25) is 0 Å². The number of benzene rings is 8. The van der Waals surface area contributed by atoms with Gasteiger partial charge >= 0.3 is 0 Å². The molecule has 210 valence electrons. The molecule has 2 nitrogen and oxygen atoms in total. The second-order valence-electron chi connectivity index (χ2n) is 11.6. The van der Waals surface area contributed by atoms with E-state index in [0.29, 0.717) is 0 Å². The van der Waals surface area contributed by atoms with Crippen molar-refractivity contribution in [1.82, 2.24) is 9.55 Å².